The van der Waals surface area contributed by atoms with Crippen molar-refractivity contribution in [2.24, 2.45) is 0 Å². The lowest BCUT2D eigenvalue weighted by atomic mass is 10.1. The first-order chi connectivity index (χ1) is 12.5. The van der Waals surface area contributed by atoms with E-state index in [9.17, 15) is 4.79 Å². The number of rotatable bonds is 4. The lowest BCUT2D eigenvalue weighted by molar-refractivity contribution is 0.102. The Labute approximate surface area is 151 Å². The number of carbonyl (C=O) groups excluding carboxylic acids is 1. The van der Waals surface area contributed by atoms with Gasteiger partial charge < -0.3 is 10.6 Å². The van der Waals surface area contributed by atoms with Gasteiger partial charge in [0.1, 0.15) is 0 Å². The van der Waals surface area contributed by atoms with Crippen LogP contribution < -0.4 is 10.6 Å². The van der Waals surface area contributed by atoms with E-state index in [0.717, 1.165) is 22.5 Å². The zero-order chi connectivity index (χ0) is 18.5. The molecular formula is C20H17N5O. The molecule has 3 rings (SSSR count). The molecule has 2 N–H and O–H groups in total. The number of aryl methyl sites for hydroxylation is 2. The summed E-state index contributed by atoms with van der Waals surface area (Å²) < 4.78 is 0. The molecule has 6 nitrogen and oxygen atoms in total. The van der Waals surface area contributed by atoms with Gasteiger partial charge in [-0.2, -0.15) is 5.26 Å². The third kappa shape index (κ3) is 4.02. The van der Waals surface area contributed by atoms with Crippen molar-refractivity contribution in [2.75, 3.05) is 10.6 Å². The summed E-state index contributed by atoms with van der Waals surface area (Å²) >= 11 is 0. The van der Waals surface area contributed by atoms with Gasteiger partial charge in [0.05, 0.1) is 11.6 Å². The molecule has 1 amide bonds. The molecule has 2 aromatic carbocycles. The van der Waals surface area contributed by atoms with E-state index in [4.69, 9.17) is 5.26 Å². The van der Waals surface area contributed by atoms with Crippen LogP contribution in [-0.2, 0) is 0 Å². The summed E-state index contributed by atoms with van der Waals surface area (Å²) in [6, 6.07) is 18.2. The van der Waals surface area contributed by atoms with Crippen LogP contribution in [0.3, 0.4) is 0 Å². The van der Waals surface area contributed by atoms with Crippen molar-refractivity contribution >= 4 is 23.1 Å². The van der Waals surface area contributed by atoms with Crippen molar-refractivity contribution in [3.8, 4) is 6.07 Å². The predicted molar refractivity (Wildman–Crippen MR) is 100 cm³/mol. The summed E-state index contributed by atoms with van der Waals surface area (Å²) in [6.45, 7) is 3.90. The van der Waals surface area contributed by atoms with Gasteiger partial charge in [-0.3, -0.25) is 4.79 Å². The summed E-state index contributed by atoms with van der Waals surface area (Å²) in [7, 11) is 0. The van der Waals surface area contributed by atoms with Crippen molar-refractivity contribution < 1.29 is 4.79 Å². The Hall–Kier alpha value is -3.72. The standard InChI is InChI=1S/C20H17N5O/c1-13-6-7-14(2)18(10-13)23-20(26)17-8-9-19(25-24-17)22-16-5-3-4-15(11-16)12-21/h3-11H,1-2H3,(H,22,25)(H,23,26). The van der Waals surface area contributed by atoms with E-state index in [1.807, 2.05) is 38.1 Å². The van der Waals surface area contributed by atoms with Crippen molar-refractivity contribution in [3.63, 3.8) is 0 Å². The van der Waals surface area contributed by atoms with E-state index in [0.29, 0.717) is 11.4 Å². The fourth-order valence-corrected chi connectivity index (χ4v) is 2.39. The number of amides is 1. The van der Waals surface area contributed by atoms with E-state index in [-0.39, 0.29) is 11.6 Å². The molecule has 0 saturated heterocycles. The smallest absolute Gasteiger partial charge is 0.276 e. The quantitative estimate of drug-likeness (QED) is 0.748. The molecule has 3 aromatic rings. The first-order valence-corrected chi connectivity index (χ1v) is 8.05. The second-order valence-electron chi connectivity index (χ2n) is 5.89. The lowest BCUT2D eigenvalue weighted by Gasteiger charge is -2.09. The van der Waals surface area contributed by atoms with E-state index in [1.54, 1.807) is 30.3 Å². The molecule has 0 fully saturated rings. The van der Waals surface area contributed by atoms with Crippen LogP contribution in [0.25, 0.3) is 0 Å². The molecule has 0 saturated carbocycles. The van der Waals surface area contributed by atoms with Crippen molar-refractivity contribution in [3.05, 3.63) is 77.0 Å². The van der Waals surface area contributed by atoms with Crippen LogP contribution in [0.5, 0.6) is 0 Å². The Morgan fingerprint density at radius 1 is 1.04 bits per heavy atom. The van der Waals surface area contributed by atoms with E-state index in [1.165, 1.54) is 0 Å². The van der Waals surface area contributed by atoms with Gasteiger partial charge in [0.15, 0.2) is 11.5 Å². The molecule has 0 aliphatic carbocycles. The highest BCUT2D eigenvalue weighted by Crippen LogP contribution is 2.18. The molecule has 0 spiro atoms. The molecule has 0 aliphatic rings. The van der Waals surface area contributed by atoms with E-state index >= 15 is 0 Å². The molecule has 0 atom stereocenters. The van der Waals surface area contributed by atoms with E-state index in [2.05, 4.69) is 26.9 Å². The zero-order valence-electron chi connectivity index (χ0n) is 14.4. The SMILES string of the molecule is Cc1ccc(C)c(NC(=O)c2ccc(Nc3cccc(C#N)c3)nn2)c1. The van der Waals surface area contributed by atoms with Gasteiger partial charge in [-0.25, -0.2) is 0 Å². The van der Waals surface area contributed by atoms with Gasteiger partial charge in [0.25, 0.3) is 5.91 Å². The molecule has 128 valence electrons. The fourth-order valence-electron chi connectivity index (χ4n) is 2.39. The second-order valence-corrected chi connectivity index (χ2v) is 5.89. The number of nitriles is 1. The second kappa shape index (κ2) is 7.45. The average Bonchev–Trinajstić information content (AvgIpc) is 2.65. The number of hydrogen-bond donors (Lipinski definition) is 2. The van der Waals surface area contributed by atoms with Crippen LogP contribution in [0, 0.1) is 25.2 Å². The predicted octanol–water partition coefficient (Wildman–Crippen LogP) is 3.96. The number of hydrogen-bond acceptors (Lipinski definition) is 5. The van der Waals surface area contributed by atoms with Gasteiger partial charge in [0, 0.05) is 11.4 Å². The Morgan fingerprint density at radius 3 is 2.62 bits per heavy atom. The zero-order valence-corrected chi connectivity index (χ0v) is 14.4. The maximum atomic E-state index is 12.4. The molecule has 0 aliphatic heterocycles. The number of nitrogens with zero attached hydrogens (tertiary/aromatic N) is 3. The van der Waals surface area contributed by atoms with Crippen LogP contribution in [0.2, 0.25) is 0 Å². The topological polar surface area (TPSA) is 90.7 Å². The van der Waals surface area contributed by atoms with Crippen molar-refractivity contribution in [2.45, 2.75) is 13.8 Å². The lowest BCUT2D eigenvalue weighted by Crippen LogP contribution is -2.15. The summed E-state index contributed by atoms with van der Waals surface area (Å²) in [5.74, 6) is 0.174. The minimum Gasteiger partial charge on any atom is -0.339 e. The van der Waals surface area contributed by atoms with Crippen LogP contribution in [0.15, 0.2) is 54.6 Å². The average molecular weight is 343 g/mol. The Balaban J connectivity index is 1.71. The number of carbonyl (C=O) groups is 1. The summed E-state index contributed by atoms with van der Waals surface area (Å²) in [5, 5.41) is 22.8. The number of benzene rings is 2. The van der Waals surface area contributed by atoms with E-state index < -0.39 is 0 Å². The normalized spacial score (nSPS) is 10.0. The Bertz CT molecular complexity index is 990. The first kappa shape index (κ1) is 17.1. The van der Waals surface area contributed by atoms with Gasteiger partial charge in [0.2, 0.25) is 0 Å². The first-order valence-electron chi connectivity index (χ1n) is 8.05. The summed E-state index contributed by atoms with van der Waals surface area (Å²) in [6.07, 6.45) is 0. The van der Waals surface area contributed by atoms with Gasteiger partial charge in [-0.1, -0.05) is 18.2 Å². The van der Waals surface area contributed by atoms with Gasteiger partial charge in [-0.15, -0.1) is 10.2 Å². The van der Waals surface area contributed by atoms with Crippen molar-refractivity contribution in [1.82, 2.24) is 10.2 Å². The van der Waals surface area contributed by atoms with Crippen molar-refractivity contribution in [1.29, 1.82) is 5.26 Å². The van der Waals surface area contributed by atoms with Gasteiger partial charge in [-0.05, 0) is 61.4 Å². The molecule has 26 heavy (non-hydrogen) atoms. The number of aromatic nitrogens is 2. The van der Waals surface area contributed by atoms with Crippen LogP contribution in [0.4, 0.5) is 17.2 Å². The molecule has 0 radical (unpaired) electrons. The highest BCUT2D eigenvalue weighted by Gasteiger charge is 2.10. The third-order valence-corrected chi connectivity index (χ3v) is 3.80. The van der Waals surface area contributed by atoms with Crippen LogP contribution in [0.1, 0.15) is 27.2 Å². The van der Waals surface area contributed by atoms with Crippen LogP contribution >= 0.6 is 0 Å². The molecular weight excluding hydrogens is 326 g/mol. The Kier molecular flexibility index (Phi) is 4.90. The maximum Gasteiger partial charge on any atom is 0.276 e. The summed E-state index contributed by atoms with van der Waals surface area (Å²) in [5.41, 5.74) is 4.30. The molecule has 1 aromatic heterocycles. The number of anilines is 3. The minimum absolute atomic E-state index is 0.224. The molecule has 0 bridgehead atoms. The minimum atomic E-state index is -0.316. The Morgan fingerprint density at radius 2 is 1.88 bits per heavy atom. The van der Waals surface area contributed by atoms with Crippen LogP contribution in [-0.4, -0.2) is 16.1 Å². The molecule has 0 unspecified atom stereocenters. The fraction of sp³-hybridized carbons (Fsp3) is 0.100. The molecule has 6 heteroatoms. The highest BCUT2D eigenvalue weighted by molar-refractivity contribution is 6.03. The van der Waals surface area contributed by atoms with Gasteiger partial charge >= 0.3 is 0 Å². The monoisotopic (exact) mass is 343 g/mol. The largest absolute Gasteiger partial charge is 0.339 e. The molecule has 1 heterocycles. The maximum absolute atomic E-state index is 12.4. The number of nitrogens with one attached hydrogen (secondary N) is 2. The summed E-state index contributed by atoms with van der Waals surface area (Å²) in [4.78, 5) is 12.4. The highest BCUT2D eigenvalue weighted by atomic mass is 16.1. The third-order valence-electron chi connectivity index (χ3n) is 3.80.